The number of piperidine rings is 1. The summed E-state index contributed by atoms with van der Waals surface area (Å²) in [6, 6.07) is 3.20. The minimum Gasteiger partial charge on any atom is -0.457 e. The van der Waals surface area contributed by atoms with Crippen LogP contribution in [0.1, 0.15) is 59.3 Å². The number of esters is 2. The quantitative estimate of drug-likeness (QED) is 0.285. The molecule has 0 aliphatic carbocycles. The molecular weight excluding hydrogens is 438 g/mol. The fourth-order valence-electron chi connectivity index (χ4n) is 5.69. The summed E-state index contributed by atoms with van der Waals surface area (Å²) in [7, 11) is 0. The highest BCUT2D eigenvalue weighted by Gasteiger charge is 2.50. The van der Waals surface area contributed by atoms with Crippen molar-refractivity contribution >= 4 is 17.8 Å². The normalized spacial score (nSPS) is 22.6. The molecule has 2 fully saturated rings. The molecule has 1 spiro atoms. The largest absolute Gasteiger partial charge is 0.457 e. The van der Waals surface area contributed by atoms with Crippen molar-refractivity contribution in [2.75, 3.05) is 32.8 Å². The van der Waals surface area contributed by atoms with E-state index in [-0.39, 0.29) is 31.1 Å². The molecule has 4 aliphatic heterocycles. The highest BCUT2D eigenvalue weighted by atomic mass is 16.5. The lowest BCUT2D eigenvalue weighted by atomic mass is 9.77. The van der Waals surface area contributed by atoms with E-state index < -0.39 is 11.5 Å². The van der Waals surface area contributed by atoms with E-state index in [1.807, 2.05) is 13.0 Å². The molecular formula is C24H27N5O5. The molecule has 5 rings (SSSR count). The maximum atomic E-state index is 13.4. The molecule has 34 heavy (non-hydrogen) atoms. The van der Waals surface area contributed by atoms with Gasteiger partial charge < -0.3 is 19.3 Å². The Hall–Kier alpha value is -3.36. The minimum absolute atomic E-state index is 0.0885. The predicted octanol–water partition coefficient (Wildman–Crippen LogP) is 3.16. The van der Waals surface area contributed by atoms with Crippen LogP contribution in [-0.4, -0.2) is 60.4 Å². The van der Waals surface area contributed by atoms with Gasteiger partial charge in [-0.2, -0.15) is 0 Å². The number of rotatable bonds is 5. The highest BCUT2D eigenvalue weighted by molar-refractivity contribution is 5.94. The second-order valence-corrected chi connectivity index (χ2v) is 9.54. The standard InChI is InChI=1S/C24H27N5O5/c1-14-16(3-4-17-18(14)12-33-22(17)31)19(26-27-25)11-28-8-5-24(6-9-28)7-10-29(23(24)32)20-13-34-21(30)15(20)2/h3-4,19H,5-13H2,1-2H3. The van der Waals surface area contributed by atoms with Gasteiger partial charge in [-0.05, 0) is 68.9 Å². The van der Waals surface area contributed by atoms with Gasteiger partial charge in [-0.3, -0.25) is 4.79 Å². The first-order chi connectivity index (χ1) is 16.3. The van der Waals surface area contributed by atoms with Gasteiger partial charge in [-0.25, -0.2) is 9.59 Å². The number of hydrogen-bond donors (Lipinski definition) is 0. The summed E-state index contributed by atoms with van der Waals surface area (Å²) >= 11 is 0. The van der Waals surface area contributed by atoms with E-state index in [4.69, 9.17) is 9.47 Å². The van der Waals surface area contributed by atoms with E-state index in [0.717, 1.165) is 49.0 Å². The first-order valence-electron chi connectivity index (χ1n) is 11.6. The van der Waals surface area contributed by atoms with E-state index in [0.29, 0.717) is 29.9 Å². The molecule has 2 saturated heterocycles. The van der Waals surface area contributed by atoms with Crippen molar-refractivity contribution in [2.45, 2.75) is 45.8 Å². The number of benzene rings is 1. The second kappa shape index (κ2) is 8.45. The first-order valence-corrected chi connectivity index (χ1v) is 11.6. The molecule has 0 N–H and O–H groups in total. The van der Waals surface area contributed by atoms with E-state index >= 15 is 0 Å². The van der Waals surface area contributed by atoms with Crippen molar-refractivity contribution in [1.82, 2.24) is 9.80 Å². The van der Waals surface area contributed by atoms with Crippen LogP contribution in [0.25, 0.3) is 10.4 Å². The van der Waals surface area contributed by atoms with Crippen molar-refractivity contribution in [3.63, 3.8) is 0 Å². The molecule has 0 saturated carbocycles. The average molecular weight is 466 g/mol. The average Bonchev–Trinajstić information content (AvgIpc) is 3.47. The summed E-state index contributed by atoms with van der Waals surface area (Å²) in [5.41, 5.74) is 13.3. The molecule has 1 atom stereocenters. The van der Waals surface area contributed by atoms with Crippen LogP contribution in [0.3, 0.4) is 0 Å². The Labute approximate surface area is 197 Å². The van der Waals surface area contributed by atoms with Crippen LogP contribution in [0.5, 0.6) is 0 Å². The monoisotopic (exact) mass is 465 g/mol. The van der Waals surface area contributed by atoms with Crippen LogP contribution < -0.4 is 0 Å². The Balaban J connectivity index is 1.28. The van der Waals surface area contributed by atoms with E-state index in [2.05, 4.69) is 14.9 Å². The molecule has 0 radical (unpaired) electrons. The molecule has 4 aliphatic rings. The number of ether oxygens (including phenoxy) is 2. The predicted molar refractivity (Wildman–Crippen MR) is 120 cm³/mol. The summed E-state index contributed by atoms with van der Waals surface area (Å²) in [5.74, 6) is -0.577. The minimum atomic E-state index is -0.412. The van der Waals surface area contributed by atoms with Crippen LogP contribution in [0.4, 0.5) is 0 Å². The molecule has 1 amide bonds. The van der Waals surface area contributed by atoms with Gasteiger partial charge in [0.15, 0.2) is 0 Å². The van der Waals surface area contributed by atoms with Gasteiger partial charge in [0.05, 0.1) is 28.3 Å². The van der Waals surface area contributed by atoms with Crippen LogP contribution in [0.15, 0.2) is 28.5 Å². The number of nitrogens with zero attached hydrogens (tertiary/aromatic N) is 5. The van der Waals surface area contributed by atoms with E-state index in [1.54, 1.807) is 17.9 Å². The molecule has 0 bridgehead atoms. The molecule has 1 unspecified atom stereocenters. The molecule has 178 valence electrons. The first kappa shape index (κ1) is 22.4. The van der Waals surface area contributed by atoms with E-state index in [9.17, 15) is 19.9 Å². The second-order valence-electron chi connectivity index (χ2n) is 9.54. The molecule has 0 aromatic heterocycles. The van der Waals surface area contributed by atoms with Gasteiger partial charge >= 0.3 is 11.9 Å². The third-order valence-electron chi connectivity index (χ3n) is 7.92. The number of carbonyl (C=O) groups is 3. The van der Waals surface area contributed by atoms with Gasteiger partial charge in [0.25, 0.3) is 0 Å². The molecule has 1 aromatic carbocycles. The topological polar surface area (TPSA) is 125 Å². The van der Waals surface area contributed by atoms with Gasteiger partial charge in [-0.1, -0.05) is 11.2 Å². The number of cyclic esters (lactones) is 2. The summed E-state index contributed by atoms with van der Waals surface area (Å²) in [5, 5.41) is 4.06. The zero-order valence-corrected chi connectivity index (χ0v) is 19.4. The Bertz CT molecular complexity index is 1160. The third kappa shape index (κ3) is 3.54. The third-order valence-corrected chi connectivity index (χ3v) is 7.92. The van der Waals surface area contributed by atoms with Crippen molar-refractivity contribution in [3.8, 4) is 0 Å². The van der Waals surface area contributed by atoms with Crippen LogP contribution in [0.2, 0.25) is 0 Å². The smallest absolute Gasteiger partial charge is 0.338 e. The fourth-order valence-corrected chi connectivity index (χ4v) is 5.69. The van der Waals surface area contributed by atoms with Crippen molar-refractivity contribution < 1.29 is 23.9 Å². The number of fused-ring (bicyclic) bond motifs is 1. The number of likely N-dealkylation sites (tertiary alicyclic amines) is 2. The number of carbonyl (C=O) groups excluding carboxylic acids is 3. The lowest BCUT2D eigenvalue weighted by Crippen LogP contribution is -2.45. The van der Waals surface area contributed by atoms with Gasteiger partial charge in [0.2, 0.25) is 5.91 Å². The molecule has 1 aromatic rings. The fraction of sp³-hybridized carbons (Fsp3) is 0.542. The lowest BCUT2D eigenvalue weighted by Gasteiger charge is -2.39. The number of azide groups is 1. The van der Waals surface area contributed by atoms with E-state index in [1.165, 1.54) is 0 Å². The summed E-state index contributed by atoms with van der Waals surface area (Å²) in [6.07, 6.45) is 2.21. The summed E-state index contributed by atoms with van der Waals surface area (Å²) < 4.78 is 10.3. The van der Waals surface area contributed by atoms with Crippen molar-refractivity contribution in [1.29, 1.82) is 0 Å². The van der Waals surface area contributed by atoms with Gasteiger partial charge in [0, 0.05) is 23.6 Å². The Morgan fingerprint density at radius 1 is 1.06 bits per heavy atom. The SMILES string of the molecule is CC1=C(N2CCC3(CCN(CC(N=[N+]=[N-])c4ccc5c(c4C)COC5=O)CC3)C2=O)COC1=O. The molecule has 10 nitrogen and oxygen atoms in total. The Kier molecular flexibility index (Phi) is 5.58. The zero-order chi connectivity index (χ0) is 24.0. The molecule has 10 heteroatoms. The van der Waals surface area contributed by atoms with Crippen LogP contribution in [0, 0.1) is 12.3 Å². The summed E-state index contributed by atoms with van der Waals surface area (Å²) in [6.45, 7) is 6.65. The van der Waals surface area contributed by atoms with Crippen molar-refractivity contribution in [2.24, 2.45) is 10.5 Å². The van der Waals surface area contributed by atoms with Gasteiger partial charge in [0.1, 0.15) is 13.2 Å². The maximum Gasteiger partial charge on any atom is 0.338 e. The lowest BCUT2D eigenvalue weighted by molar-refractivity contribution is -0.138. The van der Waals surface area contributed by atoms with Crippen molar-refractivity contribution in [3.05, 3.63) is 56.1 Å². The number of amides is 1. The highest BCUT2D eigenvalue weighted by Crippen LogP contribution is 2.44. The number of hydrogen-bond acceptors (Lipinski definition) is 7. The maximum absolute atomic E-state index is 13.4. The molecule has 4 heterocycles. The zero-order valence-electron chi connectivity index (χ0n) is 19.4. The van der Waals surface area contributed by atoms with Crippen LogP contribution >= 0.6 is 0 Å². The Morgan fingerprint density at radius 2 is 1.76 bits per heavy atom. The summed E-state index contributed by atoms with van der Waals surface area (Å²) in [4.78, 5) is 44.0. The van der Waals surface area contributed by atoms with Gasteiger partial charge in [-0.15, -0.1) is 0 Å². The Morgan fingerprint density at radius 3 is 2.44 bits per heavy atom. The van der Waals surface area contributed by atoms with Crippen LogP contribution in [-0.2, 0) is 25.7 Å².